The molecule has 0 radical (unpaired) electrons. The average Bonchev–Trinajstić information content (AvgIpc) is 2.67. The highest BCUT2D eigenvalue weighted by atomic mass is 19.4. The van der Waals surface area contributed by atoms with Crippen LogP contribution in [-0.4, -0.2) is 31.0 Å². The van der Waals surface area contributed by atoms with E-state index in [1.54, 1.807) is 13.8 Å². The summed E-state index contributed by atoms with van der Waals surface area (Å²) in [4.78, 5) is 1.47. The van der Waals surface area contributed by atoms with Gasteiger partial charge in [0.1, 0.15) is 0 Å². The number of aliphatic hydroxyl groups is 1. The second-order valence-electron chi connectivity index (χ2n) is 7.59. The van der Waals surface area contributed by atoms with E-state index >= 15 is 0 Å². The Labute approximate surface area is 175 Å². The maximum absolute atomic E-state index is 13.2. The van der Waals surface area contributed by atoms with Crippen LogP contribution in [0.3, 0.4) is 0 Å². The second kappa shape index (κ2) is 8.23. The van der Waals surface area contributed by atoms with Crippen LogP contribution in [0.15, 0.2) is 36.4 Å². The van der Waals surface area contributed by atoms with Crippen molar-refractivity contribution < 1.29 is 40.9 Å². The molecule has 10 heteroatoms. The highest BCUT2D eigenvalue weighted by Crippen LogP contribution is 2.51. The second-order valence-corrected chi connectivity index (χ2v) is 7.59. The molecule has 170 valence electrons. The fraction of sp³-hybridized carbons (Fsp3) is 0.429. The predicted octanol–water partition coefficient (Wildman–Crippen LogP) is 6.00. The molecule has 0 saturated heterocycles. The summed E-state index contributed by atoms with van der Waals surface area (Å²) in [7, 11) is 1.39. The fourth-order valence-corrected chi connectivity index (χ4v) is 3.49. The zero-order chi connectivity index (χ0) is 23.1. The third kappa shape index (κ3) is 4.59. The van der Waals surface area contributed by atoms with E-state index in [1.807, 2.05) is 0 Å². The summed E-state index contributed by atoms with van der Waals surface area (Å²) < 4.78 is 89.9. The van der Waals surface area contributed by atoms with E-state index in [0.717, 1.165) is 24.3 Å². The number of fused-ring (bicyclic) bond motifs is 2. The number of benzene rings is 2. The Morgan fingerprint density at radius 3 is 1.71 bits per heavy atom. The molecule has 0 amide bonds. The molecule has 4 nitrogen and oxygen atoms in total. The largest absolute Gasteiger partial charge is 0.453 e. The van der Waals surface area contributed by atoms with Gasteiger partial charge in [-0.3, -0.25) is 0 Å². The van der Waals surface area contributed by atoms with Crippen LogP contribution in [0.2, 0.25) is 0 Å². The Hall–Kier alpha value is -2.46. The van der Waals surface area contributed by atoms with Crippen LogP contribution in [0.5, 0.6) is 11.5 Å². The molecule has 31 heavy (non-hydrogen) atoms. The SMILES string of the molecule is COC[C@@H]([C@@H](O)C(C)C)N1c2ccc(C(F)(F)F)cc2Oc2cc(C(F)(F)F)ccc21. The fourth-order valence-electron chi connectivity index (χ4n) is 3.49. The van der Waals surface area contributed by atoms with Crippen molar-refractivity contribution in [2.45, 2.75) is 38.3 Å². The molecule has 2 aromatic carbocycles. The van der Waals surface area contributed by atoms with Crippen molar-refractivity contribution in [2.75, 3.05) is 18.6 Å². The third-order valence-electron chi connectivity index (χ3n) is 5.06. The van der Waals surface area contributed by atoms with Gasteiger partial charge in [0.05, 0.1) is 41.3 Å². The number of hydrogen-bond donors (Lipinski definition) is 1. The number of nitrogens with zero attached hydrogens (tertiary/aromatic N) is 1. The topological polar surface area (TPSA) is 41.9 Å². The van der Waals surface area contributed by atoms with Crippen LogP contribution < -0.4 is 9.64 Å². The van der Waals surface area contributed by atoms with Crippen LogP contribution in [0.4, 0.5) is 37.7 Å². The monoisotopic (exact) mass is 449 g/mol. The Morgan fingerprint density at radius 2 is 1.35 bits per heavy atom. The summed E-state index contributed by atoms with van der Waals surface area (Å²) in [5.41, 5.74) is -1.65. The zero-order valence-electron chi connectivity index (χ0n) is 16.9. The van der Waals surface area contributed by atoms with Crippen molar-refractivity contribution >= 4 is 11.4 Å². The number of hydrogen-bond acceptors (Lipinski definition) is 4. The number of anilines is 2. The van der Waals surface area contributed by atoms with Gasteiger partial charge in [-0.05, 0) is 42.3 Å². The molecule has 0 unspecified atom stereocenters. The van der Waals surface area contributed by atoms with Gasteiger partial charge in [0.15, 0.2) is 11.5 Å². The normalized spacial score (nSPS) is 15.9. The van der Waals surface area contributed by atoms with Crippen LogP contribution in [0.1, 0.15) is 25.0 Å². The molecular weight excluding hydrogens is 428 g/mol. The number of aliphatic hydroxyl groups excluding tert-OH is 1. The molecule has 1 aliphatic heterocycles. The molecule has 0 bridgehead atoms. The summed E-state index contributed by atoms with van der Waals surface area (Å²) >= 11 is 0. The Kier molecular flexibility index (Phi) is 6.16. The molecule has 2 atom stereocenters. The van der Waals surface area contributed by atoms with Gasteiger partial charge in [-0.1, -0.05) is 13.8 Å². The van der Waals surface area contributed by atoms with Gasteiger partial charge in [0.2, 0.25) is 0 Å². The van der Waals surface area contributed by atoms with Crippen molar-refractivity contribution in [1.29, 1.82) is 0 Å². The van der Waals surface area contributed by atoms with Gasteiger partial charge >= 0.3 is 12.4 Å². The first-order valence-corrected chi connectivity index (χ1v) is 9.41. The van der Waals surface area contributed by atoms with Gasteiger partial charge in [-0.15, -0.1) is 0 Å². The standard InChI is InChI=1S/C21H21F6NO3/c1-11(2)19(29)16(10-30-3)28-14-6-4-12(20(22,23)24)8-17(14)31-18-9-13(21(25,26)27)5-7-15(18)28/h4-9,11,16,19,29H,10H2,1-3H3/t16-,19-/m0/s1. The maximum Gasteiger partial charge on any atom is 0.416 e. The smallest absolute Gasteiger partial charge is 0.416 e. The Bertz CT molecular complexity index is 878. The molecule has 1 heterocycles. The average molecular weight is 449 g/mol. The lowest BCUT2D eigenvalue weighted by Crippen LogP contribution is -2.47. The van der Waals surface area contributed by atoms with Crippen molar-refractivity contribution in [1.82, 2.24) is 0 Å². The van der Waals surface area contributed by atoms with E-state index in [1.165, 1.54) is 24.1 Å². The summed E-state index contributed by atoms with van der Waals surface area (Å²) in [6.07, 6.45) is -10.3. The number of rotatable bonds is 5. The van der Waals surface area contributed by atoms with E-state index in [0.29, 0.717) is 0 Å². The van der Waals surface area contributed by atoms with Gasteiger partial charge < -0.3 is 19.5 Å². The summed E-state index contributed by atoms with van der Waals surface area (Å²) in [5, 5.41) is 10.8. The minimum Gasteiger partial charge on any atom is -0.453 e. The summed E-state index contributed by atoms with van der Waals surface area (Å²) in [5.74, 6) is -0.795. The van der Waals surface area contributed by atoms with Crippen LogP contribution >= 0.6 is 0 Å². The van der Waals surface area contributed by atoms with E-state index in [9.17, 15) is 31.4 Å². The van der Waals surface area contributed by atoms with Crippen molar-refractivity contribution in [3.05, 3.63) is 47.5 Å². The molecule has 2 aromatic rings. The summed E-state index contributed by atoms with van der Waals surface area (Å²) in [6, 6.07) is 4.74. The molecule has 0 aliphatic carbocycles. The van der Waals surface area contributed by atoms with Crippen LogP contribution in [0.25, 0.3) is 0 Å². The highest BCUT2D eigenvalue weighted by Gasteiger charge is 2.39. The number of methoxy groups -OCH3 is 1. The molecule has 0 spiro atoms. The molecular formula is C21H21F6NO3. The van der Waals surface area contributed by atoms with E-state index in [4.69, 9.17) is 9.47 Å². The van der Waals surface area contributed by atoms with E-state index < -0.39 is 35.6 Å². The summed E-state index contributed by atoms with van der Waals surface area (Å²) in [6.45, 7) is 3.46. The molecule has 0 aromatic heterocycles. The first-order chi connectivity index (χ1) is 14.3. The minimum atomic E-state index is -4.67. The number of alkyl halides is 6. The maximum atomic E-state index is 13.2. The van der Waals surface area contributed by atoms with Crippen molar-refractivity contribution in [3.63, 3.8) is 0 Å². The van der Waals surface area contributed by atoms with Crippen LogP contribution in [0, 0.1) is 5.92 Å². The zero-order valence-corrected chi connectivity index (χ0v) is 16.9. The lowest BCUT2D eigenvalue weighted by molar-refractivity contribution is -0.138. The first kappa shape index (κ1) is 23.2. The van der Waals surface area contributed by atoms with Gasteiger partial charge in [-0.25, -0.2) is 0 Å². The number of ether oxygens (including phenoxy) is 2. The number of halogens is 6. The third-order valence-corrected chi connectivity index (χ3v) is 5.06. The van der Waals surface area contributed by atoms with Gasteiger partial charge in [-0.2, -0.15) is 26.3 Å². The Morgan fingerprint density at radius 1 is 0.903 bits per heavy atom. The molecule has 1 N–H and O–H groups in total. The first-order valence-electron chi connectivity index (χ1n) is 9.41. The van der Waals surface area contributed by atoms with Crippen molar-refractivity contribution in [3.8, 4) is 11.5 Å². The molecule has 1 aliphatic rings. The molecule has 0 saturated carbocycles. The Balaban J connectivity index is 2.22. The van der Waals surface area contributed by atoms with E-state index in [2.05, 4.69) is 0 Å². The van der Waals surface area contributed by atoms with Gasteiger partial charge in [0, 0.05) is 7.11 Å². The predicted molar refractivity (Wildman–Crippen MR) is 102 cm³/mol. The lowest BCUT2D eigenvalue weighted by atomic mass is 9.96. The molecule has 3 rings (SSSR count). The quantitative estimate of drug-likeness (QED) is 0.569. The van der Waals surface area contributed by atoms with Crippen LogP contribution in [-0.2, 0) is 17.1 Å². The molecule has 0 fully saturated rings. The highest BCUT2D eigenvalue weighted by molar-refractivity contribution is 5.79. The van der Waals surface area contributed by atoms with E-state index in [-0.39, 0.29) is 35.4 Å². The lowest BCUT2D eigenvalue weighted by Gasteiger charge is -2.41. The van der Waals surface area contributed by atoms with Crippen molar-refractivity contribution in [2.24, 2.45) is 5.92 Å². The van der Waals surface area contributed by atoms with Gasteiger partial charge in [0.25, 0.3) is 0 Å². The minimum absolute atomic E-state index is 0.0275.